The summed E-state index contributed by atoms with van der Waals surface area (Å²) in [6, 6.07) is 0. The van der Waals surface area contributed by atoms with E-state index in [1.54, 1.807) is 0 Å². The van der Waals surface area contributed by atoms with Gasteiger partial charge in [0.1, 0.15) is 0 Å². The molecule has 2 fully saturated rings. The van der Waals surface area contributed by atoms with E-state index in [1.807, 2.05) is 12.4 Å². The molecule has 7 heteroatoms. The number of nitrogens with zero attached hydrogens (tertiary/aromatic N) is 4. The third kappa shape index (κ3) is 4.36. The highest BCUT2D eigenvalue weighted by Crippen LogP contribution is 2.09. The molecule has 1 atom stereocenters. The molecule has 0 unspecified atom stereocenters. The maximum absolute atomic E-state index is 5.73. The first-order valence-corrected chi connectivity index (χ1v) is 7.96. The summed E-state index contributed by atoms with van der Waals surface area (Å²) in [5.41, 5.74) is 1.10. The van der Waals surface area contributed by atoms with E-state index in [9.17, 15) is 0 Å². The average molecular weight is 307 g/mol. The number of morpholine rings is 2. The van der Waals surface area contributed by atoms with E-state index in [0.717, 1.165) is 70.6 Å². The molecule has 3 rings (SSSR count). The van der Waals surface area contributed by atoms with Crippen molar-refractivity contribution in [3.8, 4) is 0 Å². The third-order valence-electron chi connectivity index (χ3n) is 4.03. The van der Waals surface area contributed by atoms with Crippen LogP contribution in [0, 0.1) is 0 Å². The Morgan fingerprint density at radius 1 is 1.18 bits per heavy atom. The molecule has 0 aromatic carbocycles. The lowest BCUT2D eigenvalue weighted by Crippen LogP contribution is -2.44. The largest absolute Gasteiger partial charge is 0.378 e. The van der Waals surface area contributed by atoms with Crippen molar-refractivity contribution in [1.29, 1.82) is 0 Å². The van der Waals surface area contributed by atoms with Crippen molar-refractivity contribution in [2.24, 2.45) is 0 Å². The maximum Gasteiger partial charge on any atom is 0.225 e. The number of hydrogen-bond donors (Lipinski definition) is 1. The second-order valence-corrected chi connectivity index (χ2v) is 5.88. The van der Waals surface area contributed by atoms with Crippen LogP contribution in [0.3, 0.4) is 0 Å². The van der Waals surface area contributed by atoms with E-state index in [2.05, 4.69) is 32.1 Å². The van der Waals surface area contributed by atoms with Crippen molar-refractivity contribution < 1.29 is 9.47 Å². The van der Waals surface area contributed by atoms with E-state index >= 15 is 0 Å². The minimum absolute atomic E-state index is 0.271. The summed E-state index contributed by atoms with van der Waals surface area (Å²) in [4.78, 5) is 13.4. The summed E-state index contributed by atoms with van der Waals surface area (Å²) in [7, 11) is 2.13. The summed E-state index contributed by atoms with van der Waals surface area (Å²) >= 11 is 0. The molecule has 0 radical (unpaired) electrons. The number of hydrogen-bond acceptors (Lipinski definition) is 7. The molecule has 2 aliphatic rings. The zero-order chi connectivity index (χ0) is 15.2. The summed E-state index contributed by atoms with van der Waals surface area (Å²) in [6.45, 7) is 7.69. The van der Waals surface area contributed by atoms with Crippen LogP contribution in [0.4, 0.5) is 5.95 Å². The number of anilines is 1. The molecule has 1 aromatic rings. The van der Waals surface area contributed by atoms with E-state index in [1.165, 1.54) is 0 Å². The van der Waals surface area contributed by atoms with Crippen molar-refractivity contribution in [2.75, 3.05) is 64.5 Å². The second-order valence-electron chi connectivity index (χ2n) is 5.88. The SMILES string of the molecule is CN1CCO[C@@H](CNCc2cnc(N3CCOCC3)nc2)C1. The van der Waals surface area contributed by atoms with Crippen LogP contribution in [0.15, 0.2) is 12.4 Å². The lowest BCUT2D eigenvalue weighted by Gasteiger charge is -2.30. The predicted molar refractivity (Wildman–Crippen MR) is 84.0 cm³/mol. The van der Waals surface area contributed by atoms with Gasteiger partial charge in [0.2, 0.25) is 5.95 Å². The monoisotopic (exact) mass is 307 g/mol. The molecule has 1 N–H and O–H groups in total. The Hall–Kier alpha value is -1.28. The second kappa shape index (κ2) is 7.82. The standard InChI is InChI=1S/C15H25N5O2/c1-19-2-7-22-14(12-19)11-16-8-13-9-17-15(18-10-13)20-3-5-21-6-4-20/h9-10,14,16H,2-8,11-12H2,1H3/t14-/m0/s1. The molecular formula is C15H25N5O2. The lowest BCUT2D eigenvalue weighted by molar-refractivity contribution is -0.0182. The number of aromatic nitrogens is 2. The van der Waals surface area contributed by atoms with Gasteiger partial charge >= 0.3 is 0 Å². The van der Waals surface area contributed by atoms with Gasteiger partial charge in [-0.2, -0.15) is 0 Å². The molecule has 0 bridgehead atoms. The molecule has 0 spiro atoms. The van der Waals surface area contributed by atoms with Gasteiger partial charge in [0, 0.05) is 57.2 Å². The third-order valence-corrected chi connectivity index (χ3v) is 4.03. The molecular weight excluding hydrogens is 282 g/mol. The van der Waals surface area contributed by atoms with Crippen LogP contribution >= 0.6 is 0 Å². The number of ether oxygens (including phenoxy) is 2. The van der Waals surface area contributed by atoms with E-state index < -0.39 is 0 Å². The van der Waals surface area contributed by atoms with Crippen LogP contribution in [0.1, 0.15) is 5.56 Å². The smallest absolute Gasteiger partial charge is 0.225 e. The molecule has 3 heterocycles. The Bertz CT molecular complexity index is 450. The number of rotatable bonds is 5. The van der Waals surface area contributed by atoms with Crippen LogP contribution in [0.2, 0.25) is 0 Å². The Morgan fingerprint density at radius 3 is 2.68 bits per heavy atom. The Balaban J connectivity index is 1.42. The van der Waals surface area contributed by atoms with E-state index in [0.29, 0.717) is 0 Å². The van der Waals surface area contributed by atoms with Crippen LogP contribution < -0.4 is 10.2 Å². The van der Waals surface area contributed by atoms with Gasteiger partial charge in [-0.15, -0.1) is 0 Å². The minimum atomic E-state index is 0.271. The molecule has 2 saturated heterocycles. The average Bonchev–Trinajstić information content (AvgIpc) is 2.56. The van der Waals surface area contributed by atoms with Gasteiger partial charge in [0.15, 0.2) is 0 Å². The first-order valence-electron chi connectivity index (χ1n) is 7.96. The predicted octanol–water partition coefficient (Wildman–Crippen LogP) is -0.267. The number of likely N-dealkylation sites (N-methyl/N-ethyl adjacent to an activating group) is 1. The molecule has 0 amide bonds. The van der Waals surface area contributed by atoms with Gasteiger partial charge in [-0.25, -0.2) is 9.97 Å². The minimum Gasteiger partial charge on any atom is -0.378 e. The highest BCUT2D eigenvalue weighted by molar-refractivity contribution is 5.30. The first-order chi connectivity index (χ1) is 10.8. The maximum atomic E-state index is 5.73. The molecule has 7 nitrogen and oxygen atoms in total. The fourth-order valence-electron chi connectivity index (χ4n) is 2.73. The van der Waals surface area contributed by atoms with Gasteiger partial charge in [-0.1, -0.05) is 0 Å². The van der Waals surface area contributed by atoms with Crippen molar-refractivity contribution in [3.05, 3.63) is 18.0 Å². The summed E-state index contributed by atoms with van der Waals surface area (Å²) < 4.78 is 11.1. The van der Waals surface area contributed by atoms with Crippen molar-refractivity contribution >= 4 is 5.95 Å². The molecule has 0 aliphatic carbocycles. The van der Waals surface area contributed by atoms with E-state index in [-0.39, 0.29) is 6.10 Å². The van der Waals surface area contributed by atoms with Gasteiger partial charge in [-0.05, 0) is 7.05 Å². The lowest BCUT2D eigenvalue weighted by atomic mass is 10.2. The topological polar surface area (TPSA) is 62.8 Å². The summed E-state index contributed by atoms with van der Waals surface area (Å²) in [5, 5.41) is 3.43. The van der Waals surface area contributed by atoms with Gasteiger partial charge in [0.05, 0.1) is 25.9 Å². The highest BCUT2D eigenvalue weighted by atomic mass is 16.5. The Labute approximate surface area is 131 Å². The van der Waals surface area contributed by atoms with Gasteiger partial charge in [-0.3, -0.25) is 0 Å². The first kappa shape index (κ1) is 15.6. The van der Waals surface area contributed by atoms with E-state index in [4.69, 9.17) is 9.47 Å². The number of nitrogens with one attached hydrogen (secondary N) is 1. The van der Waals surface area contributed by atoms with Crippen molar-refractivity contribution in [1.82, 2.24) is 20.2 Å². The highest BCUT2D eigenvalue weighted by Gasteiger charge is 2.17. The fraction of sp³-hybridized carbons (Fsp3) is 0.733. The molecule has 122 valence electrons. The molecule has 0 saturated carbocycles. The molecule has 2 aliphatic heterocycles. The summed E-state index contributed by atoms with van der Waals surface area (Å²) in [5.74, 6) is 0.796. The van der Waals surface area contributed by atoms with Crippen LogP contribution in [-0.4, -0.2) is 80.6 Å². The quantitative estimate of drug-likeness (QED) is 0.803. The van der Waals surface area contributed by atoms with Crippen LogP contribution in [0.5, 0.6) is 0 Å². The summed E-state index contributed by atoms with van der Waals surface area (Å²) in [6.07, 6.45) is 4.07. The molecule has 1 aromatic heterocycles. The van der Waals surface area contributed by atoms with Crippen LogP contribution in [-0.2, 0) is 16.0 Å². The zero-order valence-corrected chi connectivity index (χ0v) is 13.2. The Kier molecular flexibility index (Phi) is 5.55. The van der Waals surface area contributed by atoms with Crippen molar-refractivity contribution in [3.63, 3.8) is 0 Å². The fourth-order valence-corrected chi connectivity index (χ4v) is 2.73. The molecule has 22 heavy (non-hydrogen) atoms. The van der Waals surface area contributed by atoms with Gasteiger partial charge in [0.25, 0.3) is 0 Å². The van der Waals surface area contributed by atoms with Crippen LogP contribution in [0.25, 0.3) is 0 Å². The Morgan fingerprint density at radius 2 is 1.95 bits per heavy atom. The normalized spacial score (nSPS) is 23.7. The van der Waals surface area contributed by atoms with Gasteiger partial charge < -0.3 is 24.6 Å². The van der Waals surface area contributed by atoms with Crippen molar-refractivity contribution in [2.45, 2.75) is 12.6 Å². The zero-order valence-electron chi connectivity index (χ0n) is 13.2.